The van der Waals surface area contributed by atoms with E-state index in [0.29, 0.717) is 33.4 Å². The lowest BCUT2D eigenvalue weighted by atomic mass is 10.0. The highest BCUT2D eigenvalue weighted by Crippen LogP contribution is 2.34. The first-order chi connectivity index (χ1) is 13.9. The largest absolute Gasteiger partial charge is 0.274 e. The Hall–Kier alpha value is 1.28. The monoisotopic (exact) mass is 847 g/mol. The molecule has 0 N–H and O–H groups in total. The molecular formula is C22H29I4NO2. The molecule has 0 bridgehead atoms. The van der Waals surface area contributed by atoms with Gasteiger partial charge in [-0.15, -0.1) is 0 Å². The molecule has 0 aliphatic carbocycles. The van der Waals surface area contributed by atoms with Crippen molar-refractivity contribution in [1.82, 2.24) is 4.90 Å². The number of nitrogens with zero attached hydrogens (tertiary/aromatic N) is 1. The van der Waals surface area contributed by atoms with Crippen molar-refractivity contribution >= 4 is 102 Å². The third kappa shape index (κ3) is 7.68. The minimum Gasteiger partial charge on any atom is -0.274 e. The van der Waals surface area contributed by atoms with Crippen molar-refractivity contribution in [3.05, 3.63) is 35.4 Å². The minimum absolute atomic E-state index is 0.139. The van der Waals surface area contributed by atoms with E-state index < -0.39 is 0 Å². The Labute approximate surface area is 229 Å². The van der Waals surface area contributed by atoms with Gasteiger partial charge in [0.2, 0.25) is 0 Å². The summed E-state index contributed by atoms with van der Waals surface area (Å²) in [6, 6.07) is 7.14. The molecule has 0 saturated heterocycles. The van der Waals surface area contributed by atoms with Crippen LogP contribution in [0, 0.1) is 0 Å². The number of benzene rings is 1. The fraction of sp³-hybridized carbons (Fsp3) is 0.636. The first-order valence-electron chi connectivity index (χ1n) is 10.4. The molecule has 1 aromatic rings. The average Bonchev–Trinajstić information content (AvgIpc) is 2.97. The number of imide groups is 1. The summed E-state index contributed by atoms with van der Waals surface area (Å²) in [7, 11) is 0. The maximum atomic E-state index is 12.5. The van der Waals surface area contributed by atoms with Crippen LogP contribution >= 0.6 is 90.4 Å². The van der Waals surface area contributed by atoms with E-state index >= 15 is 0 Å². The molecule has 4 unspecified atom stereocenters. The Balaban J connectivity index is 1.76. The molecule has 0 fully saturated rings. The van der Waals surface area contributed by atoms with Gasteiger partial charge >= 0.3 is 0 Å². The standard InChI is InChI=1S/C22H29I4NO2/c1-2-3-4-5-6-7-12-17(23)19(25)20(26)18(24)13-14-27-21(28)15-10-8-9-11-16(15)22(27)29/h8-11,17-20H,2-7,12-14H2,1H3. The number of carbonyl (C=O) groups is 2. The first kappa shape index (κ1) is 26.5. The highest BCUT2D eigenvalue weighted by molar-refractivity contribution is 14.1. The van der Waals surface area contributed by atoms with Gasteiger partial charge in [0.15, 0.2) is 0 Å². The predicted molar refractivity (Wildman–Crippen MR) is 156 cm³/mol. The number of hydrogen-bond donors (Lipinski definition) is 0. The van der Waals surface area contributed by atoms with Crippen LogP contribution in [0.2, 0.25) is 0 Å². The van der Waals surface area contributed by atoms with Crippen molar-refractivity contribution < 1.29 is 9.59 Å². The minimum atomic E-state index is -0.139. The van der Waals surface area contributed by atoms with Gasteiger partial charge in [0.25, 0.3) is 11.8 Å². The van der Waals surface area contributed by atoms with E-state index in [4.69, 9.17) is 0 Å². The summed E-state index contributed by atoms with van der Waals surface area (Å²) < 4.78 is 2.21. The SMILES string of the molecule is CCCCCCCCC(I)C(I)C(I)C(I)CCN1C(=O)c2ccccc2C1=O. The molecule has 4 atom stereocenters. The molecule has 1 aromatic carbocycles. The summed E-state index contributed by atoms with van der Waals surface area (Å²) >= 11 is 10.3. The molecule has 2 amide bonds. The van der Waals surface area contributed by atoms with Gasteiger partial charge in [0.05, 0.1) is 11.1 Å². The second kappa shape index (κ2) is 13.7. The Morgan fingerprint density at radius 1 is 0.759 bits per heavy atom. The Morgan fingerprint density at radius 3 is 1.79 bits per heavy atom. The van der Waals surface area contributed by atoms with Crippen molar-refractivity contribution in [2.24, 2.45) is 0 Å². The van der Waals surface area contributed by atoms with Gasteiger partial charge in [-0.3, -0.25) is 14.5 Å². The predicted octanol–water partition coefficient (Wildman–Crippen LogP) is 7.64. The zero-order valence-electron chi connectivity index (χ0n) is 16.8. The number of hydrogen-bond acceptors (Lipinski definition) is 2. The summed E-state index contributed by atoms with van der Waals surface area (Å²) in [4.78, 5) is 26.5. The summed E-state index contributed by atoms with van der Waals surface area (Å²) in [5.41, 5.74) is 1.10. The second-order valence-electron chi connectivity index (χ2n) is 7.57. The normalized spacial score (nSPS) is 17.9. The molecule has 0 saturated carbocycles. The highest BCUT2D eigenvalue weighted by atomic mass is 127. The topological polar surface area (TPSA) is 37.4 Å². The van der Waals surface area contributed by atoms with Crippen LogP contribution in [0.5, 0.6) is 0 Å². The van der Waals surface area contributed by atoms with Gasteiger partial charge in [-0.25, -0.2) is 0 Å². The number of halogens is 4. The molecule has 0 aromatic heterocycles. The molecular weight excluding hydrogens is 818 g/mol. The van der Waals surface area contributed by atoms with Crippen molar-refractivity contribution in [2.75, 3.05) is 6.54 Å². The summed E-state index contributed by atoms with van der Waals surface area (Å²) in [6.07, 6.45) is 10.2. The van der Waals surface area contributed by atoms with Crippen molar-refractivity contribution in [3.63, 3.8) is 0 Å². The van der Waals surface area contributed by atoms with E-state index in [1.165, 1.54) is 49.8 Å². The van der Waals surface area contributed by atoms with Crippen LogP contribution in [0.25, 0.3) is 0 Å². The summed E-state index contributed by atoms with van der Waals surface area (Å²) in [5, 5.41) is 0. The number of rotatable bonds is 13. The van der Waals surface area contributed by atoms with Crippen LogP contribution in [-0.4, -0.2) is 39.0 Å². The lowest BCUT2D eigenvalue weighted by Crippen LogP contribution is -2.36. The lowest BCUT2D eigenvalue weighted by Gasteiger charge is -2.27. The van der Waals surface area contributed by atoms with E-state index in [1.807, 2.05) is 12.1 Å². The van der Waals surface area contributed by atoms with Gasteiger partial charge < -0.3 is 0 Å². The van der Waals surface area contributed by atoms with Gasteiger partial charge in [-0.1, -0.05) is 148 Å². The van der Waals surface area contributed by atoms with E-state index in [9.17, 15) is 9.59 Å². The van der Waals surface area contributed by atoms with Crippen LogP contribution in [0.1, 0.15) is 79.0 Å². The molecule has 1 aliphatic heterocycles. The molecule has 29 heavy (non-hydrogen) atoms. The van der Waals surface area contributed by atoms with Gasteiger partial charge in [-0.05, 0) is 25.0 Å². The molecule has 3 nitrogen and oxygen atoms in total. The molecule has 1 heterocycles. The van der Waals surface area contributed by atoms with Crippen LogP contribution in [0.3, 0.4) is 0 Å². The third-order valence-electron chi connectivity index (χ3n) is 5.34. The van der Waals surface area contributed by atoms with Crippen LogP contribution in [-0.2, 0) is 0 Å². The van der Waals surface area contributed by atoms with Crippen LogP contribution in [0.4, 0.5) is 0 Å². The van der Waals surface area contributed by atoms with Gasteiger partial charge in [-0.2, -0.15) is 0 Å². The molecule has 7 heteroatoms. The number of unbranched alkanes of at least 4 members (excludes halogenated alkanes) is 5. The smallest absolute Gasteiger partial charge is 0.261 e. The Morgan fingerprint density at radius 2 is 1.24 bits per heavy atom. The Bertz CT molecular complexity index is 650. The Kier molecular flexibility index (Phi) is 12.6. The number of carbonyl (C=O) groups excluding carboxylic acids is 2. The molecule has 162 valence electrons. The highest BCUT2D eigenvalue weighted by Gasteiger charge is 2.36. The lowest BCUT2D eigenvalue weighted by molar-refractivity contribution is 0.0653. The van der Waals surface area contributed by atoms with Crippen molar-refractivity contribution in [2.45, 2.75) is 74.0 Å². The first-order valence-corrected chi connectivity index (χ1v) is 15.4. The average molecular weight is 847 g/mol. The van der Waals surface area contributed by atoms with E-state index in [-0.39, 0.29) is 11.8 Å². The fourth-order valence-electron chi connectivity index (χ4n) is 3.53. The van der Waals surface area contributed by atoms with Gasteiger partial charge in [0.1, 0.15) is 0 Å². The number of alkyl halides is 4. The second-order valence-corrected chi connectivity index (χ2v) is 13.7. The fourth-order valence-corrected chi connectivity index (χ4v) is 8.46. The van der Waals surface area contributed by atoms with E-state index in [1.54, 1.807) is 12.1 Å². The van der Waals surface area contributed by atoms with Crippen molar-refractivity contribution in [3.8, 4) is 0 Å². The molecule has 1 aliphatic rings. The maximum Gasteiger partial charge on any atom is 0.261 e. The number of fused-ring (bicyclic) bond motifs is 1. The summed E-state index contributed by atoms with van der Waals surface area (Å²) in [5.74, 6) is -0.278. The van der Waals surface area contributed by atoms with E-state index in [0.717, 1.165) is 6.42 Å². The zero-order chi connectivity index (χ0) is 21.4. The summed E-state index contributed by atoms with van der Waals surface area (Å²) in [6.45, 7) is 2.77. The molecule has 0 spiro atoms. The molecule has 0 radical (unpaired) electrons. The van der Waals surface area contributed by atoms with E-state index in [2.05, 4.69) is 97.3 Å². The zero-order valence-corrected chi connectivity index (χ0v) is 25.4. The van der Waals surface area contributed by atoms with Gasteiger partial charge in [0, 0.05) is 22.2 Å². The molecule has 2 rings (SSSR count). The third-order valence-corrected chi connectivity index (χ3v) is 15.5. The maximum absolute atomic E-state index is 12.5. The van der Waals surface area contributed by atoms with Crippen molar-refractivity contribution in [1.29, 1.82) is 0 Å². The number of amides is 2. The van der Waals surface area contributed by atoms with Crippen LogP contribution in [0.15, 0.2) is 24.3 Å². The quantitative estimate of drug-likeness (QED) is 0.0887. The van der Waals surface area contributed by atoms with Crippen LogP contribution < -0.4 is 0 Å².